The molecule has 1 aromatic carbocycles. The number of hydrogen-bond donors (Lipinski definition) is 1. The molecular weight excluding hydrogens is 275 g/mol. The summed E-state index contributed by atoms with van der Waals surface area (Å²) in [6.45, 7) is 2.96. The van der Waals surface area contributed by atoms with Crippen molar-refractivity contribution in [2.75, 3.05) is 6.54 Å². The highest BCUT2D eigenvalue weighted by Gasteiger charge is 2.16. The predicted octanol–water partition coefficient (Wildman–Crippen LogP) is 4.16. The van der Waals surface area contributed by atoms with Gasteiger partial charge in [0.1, 0.15) is 5.82 Å². The van der Waals surface area contributed by atoms with E-state index in [9.17, 15) is 4.39 Å². The Morgan fingerprint density at radius 3 is 2.80 bits per heavy atom. The zero-order valence-corrected chi connectivity index (χ0v) is 12.2. The summed E-state index contributed by atoms with van der Waals surface area (Å²) in [7, 11) is 0. The molecule has 106 valence electrons. The third-order valence-electron chi connectivity index (χ3n) is 3.14. The SMILES string of the molecule is CCCNC(Cc1cccc(Cl)c1F)c1ccccn1. The van der Waals surface area contributed by atoms with Crippen molar-refractivity contribution in [3.05, 3.63) is 64.7 Å². The lowest BCUT2D eigenvalue weighted by atomic mass is 10.0. The second-order valence-electron chi connectivity index (χ2n) is 4.68. The maximum absolute atomic E-state index is 14.0. The lowest BCUT2D eigenvalue weighted by Gasteiger charge is -2.18. The molecule has 0 spiro atoms. The Morgan fingerprint density at radius 2 is 2.10 bits per heavy atom. The van der Waals surface area contributed by atoms with E-state index in [1.165, 1.54) is 0 Å². The summed E-state index contributed by atoms with van der Waals surface area (Å²) in [6.07, 6.45) is 3.30. The van der Waals surface area contributed by atoms with E-state index in [4.69, 9.17) is 11.6 Å². The van der Waals surface area contributed by atoms with Gasteiger partial charge in [-0.2, -0.15) is 0 Å². The fourth-order valence-corrected chi connectivity index (χ4v) is 2.30. The molecule has 1 atom stereocenters. The van der Waals surface area contributed by atoms with Crippen LogP contribution in [-0.2, 0) is 6.42 Å². The lowest BCUT2D eigenvalue weighted by Crippen LogP contribution is -2.25. The highest BCUT2D eigenvalue weighted by molar-refractivity contribution is 6.30. The molecule has 2 nitrogen and oxygen atoms in total. The Labute approximate surface area is 124 Å². The van der Waals surface area contributed by atoms with E-state index in [0.29, 0.717) is 12.0 Å². The zero-order valence-electron chi connectivity index (χ0n) is 11.4. The van der Waals surface area contributed by atoms with Crippen LogP contribution in [-0.4, -0.2) is 11.5 Å². The predicted molar refractivity (Wildman–Crippen MR) is 80.4 cm³/mol. The van der Waals surface area contributed by atoms with Gasteiger partial charge in [-0.1, -0.05) is 36.7 Å². The molecule has 1 N–H and O–H groups in total. The first kappa shape index (κ1) is 14.9. The number of nitrogens with zero attached hydrogens (tertiary/aromatic N) is 1. The number of rotatable bonds is 6. The molecule has 1 heterocycles. The number of benzene rings is 1. The van der Waals surface area contributed by atoms with Crippen LogP contribution >= 0.6 is 11.6 Å². The molecule has 2 aromatic rings. The Bertz CT molecular complexity index is 545. The molecule has 0 amide bonds. The number of pyridine rings is 1. The molecule has 1 aromatic heterocycles. The van der Waals surface area contributed by atoms with E-state index in [1.54, 1.807) is 24.4 Å². The van der Waals surface area contributed by atoms with Crippen LogP contribution < -0.4 is 5.32 Å². The first-order chi connectivity index (χ1) is 9.72. The van der Waals surface area contributed by atoms with Crippen molar-refractivity contribution in [1.29, 1.82) is 0 Å². The summed E-state index contributed by atoms with van der Waals surface area (Å²) >= 11 is 5.84. The molecule has 0 saturated carbocycles. The van der Waals surface area contributed by atoms with Gasteiger partial charge in [0.25, 0.3) is 0 Å². The summed E-state index contributed by atoms with van der Waals surface area (Å²) in [4.78, 5) is 4.36. The molecule has 1 unspecified atom stereocenters. The van der Waals surface area contributed by atoms with Crippen molar-refractivity contribution in [2.45, 2.75) is 25.8 Å². The maximum Gasteiger partial charge on any atom is 0.145 e. The summed E-state index contributed by atoms with van der Waals surface area (Å²) in [5.74, 6) is -0.339. The molecule has 0 aliphatic carbocycles. The second kappa shape index (κ2) is 7.36. The van der Waals surface area contributed by atoms with Crippen LogP contribution in [0, 0.1) is 5.82 Å². The van der Waals surface area contributed by atoms with Crippen LogP contribution in [0.25, 0.3) is 0 Å². The normalized spacial score (nSPS) is 12.3. The number of aromatic nitrogens is 1. The van der Waals surface area contributed by atoms with Gasteiger partial charge in [0, 0.05) is 6.20 Å². The van der Waals surface area contributed by atoms with Crippen LogP contribution in [0.2, 0.25) is 5.02 Å². The van der Waals surface area contributed by atoms with Gasteiger partial charge in [-0.25, -0.2) is 4.39 Å². The van der Waals surface area contributed by atoms with Crippen LogP contribution in [0.1, 0.15) is 30.6 Å². The lowest BCUT2D eigenvalue weighted by molar-refractivity contribution is 0.503. The third kappa shape index (κ3) is 3.78. The summed E-state index contributed by atoms with van der Waals surface area (Å²) in [5, 5.41) is 3.57. The van der Waals surface area contributed by atoms with Crippen molar-refractivity contribution in [2.24, 2.45) is 0 Å². The standard InChI is InChI=1S/C16H18ClFN2/c1-2-9-19-15(14-8-3-4-10-20-14)11-12-6-5-7-13(17)16(12)18/h3-8,10,15,19H,2,9,11H2,1H3. The van der Waals surface area contributed by atoms with Gasteiger partial charge in [0.05, 0.1) is 16.8 Å². The van der Waals surface area contributed by atoms with Crippen molar-refractivity contribution < 1.29 is 4.39 Å². The van der Waals surface area contributed by atoms with E-state index < -0.39 is 0 Å². The average Bonchev–Trinajstić information content (AvgIpc) is 2.48. The fraction of sp³-hybridized carbons (Fsp3) is 0.312. The molecule has 0 saturated heterocycles. The van der Waals surface area contributed by atoms with Crippen LogP contribution in [0.3, 0.4) is 0 Å². The summed E-state index contributed by atoms with van der Waals surface area (Å²) in [5.41, 5.74) is 1.53. The molecule has 0 aliphatic rings. The van der Waals surface area contributed by atoms with E-state index in [2.05, 4.69) is 17.2 Å². The topological polar surface area (TPSA) is 24.9 Å². The first-order valence-corrected chi connectivity index (χ1v) is 7.17. The van der Waals surface area contributed by atoms with E-state index in [1.807, 2.05) is 18.2 Å². The highest BCUT2D eigenvalue weighted by Crippen LogP contribution is 2.23. The van der Waals surface area contributed by atoms with E-state index in [0.717, 1.165) is 18.7 Å². The molecule has 2 rings (SSSR count). The smallest absolute Gasteiger partial charge is 0.145 e. The molecule has 0 radical (unpaired) electrons. The van der Waals surface area contributed by atoms with Gasteiger partial charge in [0.2, 0.25) is 0 Å². The largest absolute Gasteiger partial charge is 0.308 e. The molecule has 4 heteroatoms. The van der Waals surface area contributed by atoms with E-state index in [-0.39, 0.29) is 16.9 Å². The van der Waals surface area contributed by atoms with Gasteiger partial charge in [0.15, 0.2) is 0 Å². The number of nitrogens with one attached hydrogen (secondary N) is 1. The molecule has 0 aliphatic heterocycles. The summed E-state index contributed by atoms with van der Waals surface area (Å²) < 4.78 is 14.0. The fourth-order valence-electron chi connectivity index (χ4n) is 2.11. The Balaban J connectivity index is 2.21. The summed E-state index contributed by atoms with van der Waals surface area (Å²) in [6, 6.07) is 10.9. The minimum Gasteiger partial charge on any atom is -0.308 e. The van der Waals surface area contributed by atoms with Gasteiger partial charge >= 0.3 is 0 Å². The van der Waals surface area contributed by atoms with Gasteiger partial charge < -0.3 is 5.32 Å². The monoisotopic (exact) mass is 292 g/mol. The Kier molecular flexibility index (Phi) is 5.50. The molecule has 0 fully saturated rings. The van der Waals surface area contributed by atoms with Crippen molar-refractivity contribution in [3.63, 3.8) is 0 Å². The van der Waals surface area contributed by atoms with Gasteiger partial charge in [-0.15, -0.1) is 0 Å². The third-order valence-corrected chi connectivity index (χ3v) is 3.43. The second-order valence-corrected chi connectivity index (χ2v) is 5.09. The van der Waals surface area contributed by atoms with Crippen LogP contribution in [0.4, 0.5) is 4.39 Å². The minimum absolute atomic E-state index is 0.0101. The van der Waals surface area contributed by atoms with Crippen LogP contribution in [0.5, 0.6) is 0 Å². The maximum atomic E-state index is 14.0. The van der Waals surface area contributed by atoms with Crippen molar-refractivity contribution in [3.8, 4) is 0 Å². The van der Waals surface area contributed by atoms with Gasteiger partial charge in [-0.3, -0.25) is 4.98 Å². The van der Waals surface area contributed by atoms with Crippen molar-refractivity contribution >= 4 is 11.6 Å². The molecular formula is C16H18ClFN2. The highest BCUT2D eigenvalue weighted by atomic mass is 35.5. The zero-order chi connectivity index (χ0) is 14.4. The van der Waals surface area contributed by atoms with E-state index >= 15 is 0 Å². The molecule has 20 heavy (non-hydrogen) atoms. The Morgan fingerprint density at radius 1 is 1.25 bits per heavy atom. The van der Waals surface area contributed by atoms with Crippen LogP contribution in [0.15, 0.2) is 42.6 Å². The molecule has 0 bridgehead atoms. The quantitative estimate of drug-likeness (QED) is 0.865. The van der Waals surface area contributed by atoms with Crippen molar-refractivity contribution in [1.82, 2.24) is 10.3 Å². The Hall–Kier alpha value is -1.45. The number of halogens is 2. The average molecular weight is 293 g/mol. The first-order valence-electron chi connectivity index (χ1n) is 6.79. The number of hydrogen-bond acceptors (Lipinski definition) is 2. The van der Waals surface area contributed by atoms with Gasteiger partial charge in [-0.05, 0) is 43.1 Å². The minimum atomic E-state index is -0.339.